The number of rotatable bonds is 4. The van der Waals surface area contributed by atoms with Crippen LogP contribution in [0.4, 0.5) is 0 Å². The Balaban J connectivity index is 1.63. The first-order valence-electron chi connectivity index (χ1n) is 10.2. The molecule has 2 heteroatoms. The highest BCUT2D eigenvalue weighted by Gasteiger charge is 2.62. The summed E-state index contributed by atoms with van der Waals surface area (Å²) in [6.07, 6.45) is 17.4. The van der Waals surface area contributed by atoms with E-state index in [4.69, 9.17) is 4.98 Å². The van der Waals surface area contributed by atoms with Crippen LogP contribution in [0.2, 0.25) is 0 Å². The van der Waals surface area contributed by atoms with Gasteiger partial charge < -0.3 is 0 Å². The summed E-state index contributed by atoms with van der Waals surface area (Å²) in [5, 5.41) is 1.59. The molecule has 0 amide bonds. The molecule has 0 saturated heterocycles. The van der Waals surface area contributed by atoms with Crippen LogP contribution >= 0.6 is 8.19 Å². The maximum Gasteiger partial charge on any atom is 0.0624 e. The summed E-state index contributed by atoms with van der Waals surface area (Å²) in [6, 6.07) is 0. The van der Waals surface area contributed by atoms with Crippen LogP contribution in [0.25, 0.3) is 0 Å². The Bertz CT molecular complexity index is 672. The van der Waals surface area contributed by atoms with E-state index >= 15 is 0 Å². The van der Waals surface area contributed by atoms with E-state index in [-0.39, 0.29) is 5.41 Å². The van der Waals surface area contributed by atoms with Gasteiger partial charge in [-0.1, -0.05) is 63.2 Å². The van der Waals surface area contributed by atoms with Gasteiger partial charge in [0.25, 0.3) is 0 Å². The first-order chi connectivity index (χ1) is 11.7. The highest BCUT2D eigenvalue weighted by Crippen LogP contribution is 2.67. The molecule has 0 N–H and O–H groups in total. The summed E-state index contributed by atoms with van der Waals surface area (Å²) in [4.78, 5) is 5.35. The van der Waals surface area contributed by atoms with Crippen molar-refractivity contribution in [2.45, 2.75) is 89.9 Å². The highest BCUT2D eigenvalue weighted by atomic mass is 31.0. The van der Waals surface area contributed by atoms with Crippen molar-refractivity contribution in [1.82, 2.24) is 4.98 Å². The molecule has 0 aromatic carbocycles. The van der Waals surface area contributed by atoms with E-state index in [1.165, 1.54) is 69.1 Å². The lowest BCUT2D eigenvalue weighted by molar-refractivity contribution is 0.453. The van der Waals surface area contributed by atoms with Crippen LogP contribution in [0.1, 0.15) is 94.0 Å². The van der Waals surface area contributed by atoms with Gasteiger partial charge in [0.05, 0.1) is 16.5 Å². The van der Waals surface area contributed by atoms with Crippen molar-refractivity contribution < 1.29 is 0 Å². The second-order valence-corrected chi connectivity index (χ2v) is 9.79. The zero-order valence-corrected chi connectivity index (χ0v) is 16.6. The number of hydrogen-bond donors (Lipinski definition) is 0. The molecule has 130 valence electrons. The van der Waals surface area contributed by atoms with Gasteiger partial charge in [-0.3, -0.25) is 4.98 Å². The molecule has 24 heavy (non-hydrogen) atoms. The zero-order valence-electron chi connectivity index (χ0n) is 15.6. The molecule has 1 aromatic heterocycles. The van der Waals surface area contributed by atoms with Crippen LogP contribution in [-0.4, -0.2) is 4.98 Å². The maximum atomic E-state index is 5.35. The Labute approximate surface area is 149 Å². The average molecular weight is 341 g/mol. The van der Waals surface area contributed by atoms with E-state index < -0.39 is 0 Å². The smallest absolute Gasteiger partial charge is 0.0624 e. The number of hydrogen-bond acceptors (Lipinski definition) is 1. The number of nitrogens with zero attached hydrogens (tertiary/aromatic N) is 1. The Morgan fingerprint density at radius 2 is 1.83 bits per heavy atom. The fourth-order valence-electron chi connectivity index (χ4n) is 5.41. The Morgan fingerprint density at radius 3 is 2.54 bits per heavy atom. The summed E-state index contributed by atoms with van der Waals surface area (Å²) in [5.41, 5.74) is 6.45. The maximum absolute atomic E-state index is 5.35. The van der Waals surface area contributed by atoms with Crippen LogP contribution in [0.15, 0.2) is 23.3 Å². The molecule has 3 aliphatic carbocycles. The quantitative estimate of drug-likeness (QED) is 0.586. The fraction of sp³-hybridized carbons (Fsp3) is 0.682. The number of fused-ring (bicyclic) bond motifs is 1. The van der Waals surface area contributed by atoms with E-state index in [0.717, 1.165) is 20.0 Å². The molecular weight excluding hydrogens is 309 g/mol. The van der Waals surface area contributed by atoms with Gasteiger partial charge in [0.1, 0.15) is 0 Å². The molecule has 2 fully saturated rings. The third-order valence-corrected chi connectivity index (χ3v) is 8.03. The van der Waals surface area contributed by atoms with Gasteiger partial charge in [-0.05, 0) is 44.0 Å². The van der Waals surface area contributed by atoms with Crippen LogP contribution in [0.5, 0.6) is 0 Å². The van der Waals surface area contributed by atoms with Gasteiger partial charge >= 0.3 is 0 Å². The summed E-state index contributed by atoms with van der Waals surface area (Å²) in [7, 11) is 0.870. The van der Waals surface area contributed by atoms with Gasteiger partial charge in [0.2, 0.25) is 0 Å². The molecule has 4 rings (SSSR count). The molecule has 1 heterocycles. The summed E-state index contributed by atoms with van der Waals surface area (Å²) in [5.74, 6) is 1.53. The first-order valence-corrected chi connectivity index (χ1v) is 11.2. The molecule has 0 aliphatic heterocycles. The van der Waals surface area contributed by atoms with Gasteiger partial charge in [-0.25, -0.2) is 0 Å². The van der Waals surface area contributed by atoms with Crippen molar-refractivity contribution in [2.24, 2.45) is 5.92 Å². The molecule has 3 atom stereocenters. The Hall–Kier alpha value is -0.810. The largest absolute Gasteiger partial charge is 0.252 e. The van der Waals surface area contributed by atoms with E-state index in [0.29, 0.717) is 0 Å². The fourth-order valence-corrected chi connectivity index (χ4v) is 6.83. The standard InChI is InChI=1S/C22H32NP/c1-4-10-18-19-15(2)13-14-22(18,19)20-16(3)24-21(23-20)17-11-8-6-5-7-9-12-17/h13-14,17-18,24H,4-12H2,1-3H3. The molecule has 1 aromatic rings. The minimum atomic E-state index is 0.223. The van der Waals surface area contributed by atoms with Crippen molar-refractivity contribution >= 4 is 8.19 Å². The van der Waals surface area contributed by atoms with E-state index in [1.54, 1.807) is 16.3 Å². The third-order valence-electron chi connectivity index (χ3n) is 6.65. The number of aromatic nitrogens is 1. The van der Waals surface area contributed by atoms with Crippen LogP contribution in [-0.2, 0) is 5.41 Å². The van der Waals surface area contributed by atoms with Crippen molar-refractivity contribution in [1.29, 1.82) is 0 Å². The predicted molar refractivity (Wildman–Crippen MR) is 105 cm³/mol. The molecular formula is C22H32NP. The normalized spacial score (nSPS) is 30.7. The van der Waals surface area contributed by atoms with Crippen molar-refractivity contribution in [3.05, 3.63) is 39.7 Å². The molecule has 2 saturated carbocycles. The van der Waals surface area contributed by atoms with Crippen LogP contribution < -0.4 is 0 Å². The second kappa shape index (κ2) is 6.49. The minimum absolute atomic E-state index is 0.223. The van der Waals surface area contributed by atoms with Gasteiger partial charge in [-0.2, -0.15) is 0 Å². The monoisotopic (exact) mass is 341 g/mol. The third kappa shape index (κ3) is 2.55. The van der Waals surface area contributed by atoms with E-state index in [1.807, 2.05) is 0 Å². The van der Waals surface area contributed by atoms with E-state index in [9.17, 15) is 0 Å². The average Bonchev–Trinajstić information content (AvgIpc) is 2.80. The van der Waals surface area contributed by atoms with Crippen molar-refractivity contribution in [3.63, 3.8) is 0 Å². The van der Waals surface area contributed by atoms with Gasteiger partial charge in [-0.15, -0.1) is 8.19 Å². The zero-order chi connectivity index (χ0) is 16.7. The lowest BCUT2D eigenvalue weighted by Gasteiger charge is -2.18. The number of aryl methyl sites for hydroxylation is 1. The molecule has 0 bridgehead atoms. The lowest BCUT2D eigenvalue weighted by Crippen LogP contribution is -2.09. The van der Waals surface area contributed by atoms with Crippen molar-refractivity contribution in [2.75, 3.05) is 0 Å². The predicted octanol–water partition coefficient (Wildman–Crippen LogP) is 6.80. The molecule has 0 radical (unpaired) electrons. The topological polar surface area (TPSA) is 12.9 Å². The molecule has 3 aliphatic rings. The summed E-state index contributed by atoms with van der Waals surface area (Å²) < 4.78 is 0. The summed E-state index contributed by atoms with van der Waals surface area (Å²) >= 11 is 0. The van der Waals surface area contributed by atoms with Gasteiger partial charge in [0, 0.05) is 11.8 Å². The lowest BCUT2D eigenvalue weighted by atomic mass is 9.91. The Kier molecular flexibility index (Phi) is 4.50. The van der Waals surface area contributed by atoms with Crippen LogP contribution in [0, 0.1) is 12.8 Å². The minimum Gasteiger partial charge on any atom is -0.252 e. The highest BCUT2D eigenvalue weighted by molar-refractivity contribution is 7.31. The molecule has 0 spiro atoms. The van der Waals surface area contributed by atoms with Crippen molar-refractivity contribution in [3.8, 4) is 0 Å². The van der Waals surface area contributed by atoms with Crippen LogP contribution in [0.3, 0.4) is 0 Å². The molecule has 3 unspecified atom stereocenters. The SMILES string of the molecule is CCCC1C2=C(C)C=CC21c1nc(C2CCCCCCC2)[pH]c1C. The second-order valence-electron chi connectivity index (χ2n) is 8.28. The van der Waals surface area contributed by atoms with E-state index in [2.05, 4.69) is 32.9 Å². The van der Waals surface area contributed by atoms with Gasteiger partial charge in [0.15, 0.2) is 0 Å². The molecule has 1 nitrogen and oxygen atoms in total. The number of allylic oxidation sites excluding steroid dienone is 4. The summed E-state index contributed by atoms with van der Waals surface area (Å²) in [6.45, 7) is 6.99. The first kappa shape index (κ1) is 16.6. The Morgan fingerprint density at radius 1 is 1.12 bits per heavy atom.